The molecule has 2 fully saturated rings. The molecule has 2 aliphatic carbocycles. The highest BCUT2D eigenvalue weighted by atomic mass is 16.2. The van der Waals surface area contributed by atoms with Gasteiger partial charge in [-0.3, -0.25) is 4.79 Å². The van der Waals surface area contributed by atoms with Crippen molar-refractivity contribution in [3.05, 3.63) is 0 Å². The minimum absolute atomic E-state index is 0.152. The third-order valence-corrected chi connectivity index (χ3v) is 4.24. The fourth-order valence-corrected chi connectivity index (χ4v) is 3.07. The molecule has 1 atom stereocenters. The van der Waals surface area contributed by atoms with Gasteiger partial charge in [-0.1, -0.05) is 26.2 Å². The number of amides is 1. The topological polar surface area (TPSA) is 41.5 Å². The summed E-state index contributed by atoms with van der Waals surface area (Å²) in [6, 6.07) is 0. The highest BCUT2D eigenvalue weighted by Gasteiger charge is 2.23. The van der Waals surface area contributed by atoms with E-state index in [2.05, 4.69) is 17.5 Å². The van der Waals surface area contributed by atoms with Crippen molar-refractivity contribution in [2.45, 2.75) is 64.7 Å². The zero-order valence-corrected chi connectivity index (χ0v) is 10.9. The fraction of sp³-hybridized carbons (Fsp3) is 0.857. The molecule has 17 heavy (non-hydrogen) atoms. The number of hydrogen-bond acceptors (Lipinski definition) is 2. The lowest BCUT2D eigenvalue weighted by Gasteiger charge is -2.19. The summed E-state index contributed by atoms with van der Waals surface area (Å²) >= 11 is 0. The number of carbonyl (C=O) groups is 1. The fourth-order valence-electron chi connectivity index (χ4n) is 3.07. The van der Waals surface area contributed by atoms with Gasteiger partial charge in [0, 0.05) is 11.6 Å². The Morgan fingerprint density at radius 2 is 2.00 bits per heavy atom. The molecule has 2 aliphatic rings. The summed E-state index contributed by atoms with van der Waals surface area (Å²) in [5.74, 6) is 0.982. The summed E-state index contributed by atoms with van der Waals surface area (Å²) < 4.78 is 0. The van der Waals surface area contributed by atoms with Gasteiger partial charge in [-0.05, 0) is 44.4 Å². The van der Waals surface area contributed by atoms with E-state index in [0.29, 0.717) is 5.92 Å². The van der Waals surface area contributed by atoms with E-state index in [-0.39, 0.29) is 11.8 Å². The van der Waals surface area contributed by atoms with Gasteiger partial charge < -0.3 is 0 Å². The van der Waals surface area contributed by atoms with Crippen molar-refractivity contribution in [3.8, 4) is 0 Å². The third kappa shape index (κ3) is 3.30. The quantitative estimate of drug-likeness (QED) is 0.751. The Kier molecular flexibility index (Phi) is 4.57. The Morgan fingerprint density at radius 3 is 2.71 bits per heavy atom. The summed E-state index contributed by atoms with van der Waals surface area (Å²) in [7, 11) is 0. The van der Waals surface area contributed by atoms with Crippen molar-refractivity contribution >= 4 is 11.6 Å². The SMILES string of the molecule is CC[C@@H]1CCC/C1=N/NC(=O)C1CCCCC1. The summed E-state index contributed by atoms with van der Waals surface area (Å²) in [5, 5.41) is 4.37. The van der Waals surface area contributed by atoms with Crippen molar-refractivity contribution in [1.82, 2.24) is 5.43 Å². The Morgan fingerprint density at radius 1 is 1.24 bits per heavy atom. The molecule has 0 radical (unpaired) electrons. The van der Waals surface area contributed by atoms with Crippen molar-refractivity contribution < 1.29 is 4.79 Å². The molecule has 96 valence electrons. The maximum atomic E-state index is 11.9. The molecule has 3 heteroatoms. The minimum atomic E-state index is 0.152. The van der Waals surface area contributed by atoms with Crippen molar-refractivity contribution in [1.29, 1.82) is 0 Å². The van der Waals surface area contributed by atoms with Crippen molar-refractivity contribution in [2.75, 3.05) is 0 Å². The standard InChI is InChI=1S/C14H24N2O/c1-2-11-9-6-10-13(11)15-16-14(17)12-7-4-3-5-8-12/h11-12H,2-10H2,1H3,(H,16,17)/b15-13-/t11-/m1/s1. The molecule has 0 aliphatic heterocycles. The molecular formula is C14H24N2O. The lowest BCUT2D eigenvalue weighted by atomic mass is 9.89. The molecule has 2 rings (SSSR count). The molecule has 0 aromatic carbocycles. The predicted molar refractivity (Wildman–Crippen MR) is 69.8 cm³/mol. The van der Waals surface area contributed by atoms with Crippen LogP contribution in [-0.4, -0.2) is 11.6 Å². The van der Waals surface area contributed by atoms with Crippen LogP contribution in [0.25, 0.3) is 0 Å². The second-order valence-corrected chi connectivity index (χ2v) is 5.41. The maximum Gasteiger partial charge on any atom is 0.243 e. The number of nitrogens with one attached hydrogen (secondary N) is 1. The predicted octanol–water partition coefficient (Wildman–Crippen LogP) is 3.25. The average Bonchev–Trinajstić information content (AvgIpc) is 2.84. The van der Waals surface area contributed by atoms with Crippen LogP contribution in [0.5, 0.6) is 0 Å². The van der Waals surface area contributed by atoms with E-state index in [1.807, 2.05) is 0 Å². The lowest BCUT2D eigenvalue weighted by Crippen LogP contribution is -2.29. The van der Waals surface area contributed by atoms with E-state index >= 15 is 0 Å². The number of hydrazone groups is 1. The normalized spacial score (nSPS) is 28.5. The van der Waals surface area contributed by atoms with Crippen LogP contribution in [0.2, 0.25) is 0 Å². The number of hydrogen-bond donors (Lipinski definition) is 1. The lowest BCUT2D eigenvalue weighted by molar-refractivity contribution is -0.125. The van der Waals surface area contributed by atoms with Crippen LogP contribution in [0.3, 0.4) is 0 Å². The highest BCUT2D eigenvalue weighted by molar-refractivity contribution is 5.90. The molecule has 0 unspecified atom stereocenters. The van der Waals surface area contributed by atoms with Crippen LogP contribution < -0.4 is 5.43 Å². The van der Waals surface area contributed by atoms with E-state index in [0.717, 1.165) is 25.7 Å². The van der Waals surface area contributed by atoms with E-state index in [1.165, 1.54) is 37.8 Å². The van der Waals surface area contributed by atoms with Crippen molar-refractivity contribution in [2.24, 2.45) is 16.9 Å². The largest absolute Gasteiger partial charge is 0.273 e. The van der Waals surface area contributed by atoms with Crippen LogP contribution in [0.15, 0.2) is 5.10 Å². The number of nitrogens with zero attached hydrogens (tertiary/aromatic N) is 1. The average molecular weight is 236 g/mol. The smallest absolute Gasteiger partial charge is 0.243 e. The molecule has 1 amide bonds. The summed E-state index contributed by atoms with van der Waals surface area (Å²) in [6.45, 7) is 2.20. The van der Waals surface area contributed by atoms with Gasteiger partial charge in [0.15, 0.2) is 0 Å². The minimum Gasteiger partial charge on any atom is -0.273 e. The zero-order valence-electron chi connectivity index (χ0n) is 10.9. The second kappa shape index (κ2) is 6.18. The summed E-state index contributed by atoms with van der Waals surface area (Å²) in [5.41, 5.74) is 4.03. The molecule has 0 bridgehead atoms. The molecule has 1 N–H and O–H groups in total. The van der Waals surface area contributed by atoms with E-state index < -0.39 is 0 Å². The van der Waals surface area contributed by atoms with Gasteiger partial charge in [0.1, 0.15) is 0 Å². The Labute approximate surface area is 104 Å². The second-order valence-electron chi connectivity index (χ2n) is 5.41. The van der Waals surface area contributed by atoms with E-state index in [4.69, 9.17) is 0 Å². The van der Waals surface area contributed by atoms with Gasteiger partial charge in [-0.15, -0.1) is 0 Å². The van der Waals surface area contributed by atoms with Crippen LogP contribution in [0.4, 0.5) is 0 Å². The third-order valence-electron chi connectivity index (χ3n) is 4.24. The molecule has 0 aromatic heterocycles. The van der Waals surface area contributed by atoms with Gasteiger partial charge in [0.05, 0.1) is 0 Å². The molecule has 2 saturated carbocycles. The number of carbonyl (C=O) groups excluding carboxylic acids is 1. The Bertz CT molecular complexity index is 293. The summed E-state index contributed by atoms with van der Waals surface area (Å²) in [6.07, 6.45) is 10.5. The van der Waals surface area contributed by atoms with Gasteiger partial charge in [-0.25, -0.2) is 5.43 Å². The van der Waals surface area contributed by atoms with Gasteiger partial charge >= 0.3 is 0 Å². The first kappa shape index (κ1) is 12.6. The Balaban J connectivity index is 1.83. The molecule has 0 aromatic rings. The van der Waals surface area contributed by atoms with Crippen molar-refractivity contribution in [3.63, 3.8) is 0 Å². The van der Waals surface area contributed by atoms with Crippen LogP contribution >= 0.6 is 0 Å². The first-order valence-corrected chi connectivity index (χ1v) is 7.17. The molecule has 0 heterocycles. The van der Waals surface area contributed by atoms with Gasteiger partial charge in [-0.2, -0.15) is 5.10 Å². The van der Waals surface area contributed by atoms with Gasteiger partial charge in [0.2, 0.25) is 5.91 Å². The van der Waals surface area contributed by atoms with Crippen LogP contribution in [0.1, 0.15) is 64.7 Å². The first-order valence-electron chi connectivity index (χ1n) is 7.17. The first-order chi connectivity index (χ1) is 8.31. The summed E-state index contributed by atoms with van der Waals surface area (Å²) in [4.78, 5) is 11.9. The van der Waals surface area contributed by atoms with Gasteiger partial charge in [0.25, 0.3) is 0 Å². The van der Waals surface area contributed by atoms with E-state index in [9.17, 15) is 4.79 Å². The highest BCUT2D eigenvalue weighted by Crippen LogP contribution is 2.26. The van der Waals surface area contributed by atoms with Crippen LogP contribution in [0, 0.1) is 11.8 Å². The number of rotatable bonds is 3. The van der Waals surface area contributed by atoms with Crippen LogP contribution in [-0.2, 0) is 4.79 Å². The molecule has 3 nitrogen and oxygen atoms in total. The molecule has 0 spiro atoms. The van der Waals surface area contributed by atoms with E-state index in [1.54, 1.807) is 0 Å². The zero-order chi connectivity index (χ0) is 12.1. The Hall–Kier alpha value is -0.860. The molecule has 0 saturated heterocycles. The monoisotopic (exact) mass is 236 g/mol. The maximum absolute atomic E-state index is 11.9. The molecular weight excluding hydrogens is 212 g/mol.